The van der Waals surface area contributed by atoms with Gasteiger partial charge in [-0.15, -0.1) is 11.3 Å². The van der Waals surface area contributed by atoms with Crippen LogP contribution in [0, 0.1) is 17.8 Å². The Morgan fingerprint density at radius 1 is 1.40 bits per heavy atom. The van der Waals surface area contributed by atoms with E-state index in [9.17, 15) is 13.5 Å². The molecule has 3 unspecified atom stereocenters. The lowest BCUT2D eigenvalue weighted by Gasteiger charge is -2.26. The highest BCUT2D eigenvalue weighted by atomic mass is 32.2. The summed E-state index contributed by atoms with van der Waals surface area (Å²) in [6, 6.07) is 1.60. The van der Waals surface area contributed by atoms with Crippen molar-refractivity contribution >= 4 is 21.4 Å². The Kier molecular flexibility index (Phi) is 3.92. The maximum absolute atomic E-state index is 12.6. The molecule has 1 heterocycles. The molecule has 6 heteroatoms. The van der Waals surface area contributed by atoms with Crippen LogP contribution >= 0.6 is 11.3 Å². The molecule has 4 nitrogen and oxygen atoms in total. The van der Waals surface area contributed by atoms with E-state index >= 15 is 0 Å². The van der Waals surface area contributed by atoms with Crippen LogP contribution in [0.4, 0.5) is 0 Å². The van der Waals surface area contributed by atoms with E-state index in [-0.39, 0.29) is 11.5 Å². The van der Waals surface area contributed by atoms with Crippen molar-refractivity contribution in [2.75, 3.05) is 13.6 Å². The summed E-state index contributed by atoms with van der Waals surface area (Å²) in [4.78, 5) is 0.806. The molecule has 2 aliphatic carbocycles. The van der Waals surface area contributed by atoms with Gasteiger partial charge in [0.25, 0.3) is 0 Å². The van der Waals surface area contributed by atoms with E-state index in [1.165, 1.54) is 41.3 Å². The normalized spacial score (nSPS) is 29.4. The van der Waals surface area contributed by atoms with Crippen molar-refractivity contribution < 1.29 is 13.5 Å². The average Bonchev–Trinajstić information content (AvgIpc) is 3.14. The first-order valence-electron chi connectivity index (χ1n) is 7.16. The van der Waals surface area contributed by atoms with Crippen LogP contribution in [-0.4, -0.2) is 31.4 Å². The van der Waals surface area contributed by atoms with Crippen LogP contribution in [0.5, 0.6) is 0 Å². The number of aliphatic hydroxyl groups excluding tert-OH is 1. The van der Waals surface area contributed by atoms with Crippen LogP contribution in [-0.2, 0) is 16.6 Å². The average molecular weight is 315 g/mol. The van der Waals surface area contributed by atoms with Crippen molar-refractivity contribution in [3.63, 3.8) is 0 Å². The van der Waals surface area contributed by atoms with Crippen molar-refractivity contribution in [1.29, 1.82) is 0 Å². The van der Waals surface area contributed by atoms with Crippen molar-refractivity contribution in [1.82, 2.24) is 4.31 Å². The van der Waals surface area contributed by atoms with Gasteiger partial charge in [-0.3, -0.25) is 0 Å². The number of thiophene rings is 1. The predicted molar refractivity (Wildman–Crippen MR) is 79.0 cm³/mol. The summed E-state index contributed by atoms with van der Waals surface area (Å²) in [5, 5.41) is 11.0. The third-order valence-corrected chi connectivity index (χ3v) is 7.86. The zero-order valence-electron chi connectivity index (χ0n) is 11.7. The van der Waals surface area contributed by atoms with Crippen LogP contribution in [0.2, 0.25) is 0 Å². The number of aliphatic hydroxyl groups is 1. The summed E-state index contributed by atoms with van der Waals surface area (Å²) in [6.45, 7) is 0.401. The van der Waals surface area contributed by atoms with Crippen molar-refractivity contribution in [3.05, 3.63) is 16.3 Å². The van der Waals surface area contributed by atoms with Gasteiger partial charge in [-0.25, -0.2) is 12.7 Å². The molecule has 2 fully saturated rings. The van der Waals surface area contributed by atoms with Gasteiger partial charge in [0.2, 0.25) is 10.0 Å². The maximum Gasteiger partial charge on any atom is 0.244 e. The number of rotatable bonds is 5. The minimum atomic E-state index is -3.46. The van der Waals surface area contributed by atoms with E-state index in [0.29, 0.717) is 17.3 Å². The van der Waals surface area contributed by atoms with E-state index in [0.717, 1.165) is 11.8 Å². The first kappa shape index (κ1) is 14.5. The maximum atomic E-state index is 12.6. The van der Waals surface area contributed by atoms with Gasteiger partial charge in [-0.2, -0.15) is 0 Å². The van der Waals surface area contributed by atoms with Gasteiger partial charge in [0, 0.05) is 18.5 Å². The van der Waals surface area contributed by atoms with E-state index in [2.05, 4.69) is 0 Å². The standard InChI is InChI=1S/C14H21NO3S2/c1-15(8-12-7-10-2-3-11(12)6-10)20(17,18)14-4-5-19-13(14)9-16/h4-5,10-12,16H,2-3,6-9H2,1H3. The van der Waals surface area contributed by atoms with Crippen LogP contribution in [0.15, 0.2) is 16.3 Å². The summed E-state index contributed by atoms with van der Waals surface area (Å²) >= 11 is 1.29. The Morgan fingerprint density at radius 3 is 2.80 bits per heavy atom. The molecular formula is C14H21NO3S2. The Bertz CT molecular complexity index is 581. The van der Waals surface area contributed by atoms with Gasteiger partial charge in [0.05, 0.1) is 11.5 Å². The number of sulfonamides is 1. The first-order chi connectivity index (χ1) is 9.52. The molecule has 3 rings (SSSR count). The smallest absolute Gasteiger partial charge is 0.244 e. The molecule has 0 aliphatic heterocycles. The summed E-state index contributed by atoms with van der Waals surface area (Å²) in [5.41, 5.74) is 0. The van der Waals surface area contributed by atoms with Crippen LogP contribution in [0.1, 0.15) is 30.6 Å². The highest BCUT2D eigenvalue weighted by Gasteiger charge is 2.41. The van der Waals surface area contributed by atoms with Gasteiger partial charge < -0.3 is 5.11 Å². The zero-order chi connectivity index (χ0) is 14.3. The zero-order valence-corrected chi connectivity index (χ0v) is 13.3. The van der Waals surface area contributed by atoms with Crippen molar-refractivity contribution in [2.45, 2.75) is 37.2 Å². The van der Waals surface area contributed by atoms with Crippen LogP contribution < -0.4 is 0 Å². The van der Waals surface area contributed by atoms with Gasteiger partial charge in [-0.05, 0) is 48.5 Å². The third-order valence-electron chi connectivity index (χ3n) is 4.91. The second-order valence-corrected chi connectivity index (χ2v) is 9.10. The molecule has 0 spiro atoms. The van der Waals surface area contributed by atoms with Gasteiger partial charge in [0.1, 0.15) is 0 Å². The van der Waals surface area contributed by atoms with Crippen molar-refractivity contribution in [2.24, 2.45) is 17.8 Å². The number of nitrogens with zero attached hydrogens (tertiary/aromatic N) is 1. The fourth-order valence-electron chi connectivity index (χ4n) is 3.87. The SMILES string of the molecule is CN(CC1CC2CCC1C2)S(=O)(=O)c1ccsc1CO. The molecule has 112 valence electrons. The molecule has 0 saturated heterocycles. The molecule has 2 aliphatic rings. The van der Waals surface area contributed by atoms with Crippen molar-refractivity contribution in [3.8, 4) is 0 Å². The van der Waals surface area contributed by atoms with E-state index < -0.39 is 10.0 Å². The molecule has 3 atom stereocenters. The summed E-state index contributed by atoms with van der Waals surface area (Å²) < 4.78 is 26.7. The molecule has 1 aromatic heterocycles. The summed E-state index contributed by atoms with van der Waals surface area (Å²) in [7, 11) is -1.79. The highest BCUT2D eigenvalue weighted by molar-refractivity contribution is 7.89. The third kappa shape index (κ3) is 2.43. The minimum Gasteiger partial charge on any atom is -0.391 e. The molecular weight excluding hydrogens is 294 g/mol. The number of hydrogen-bond donors (Lipinski definition) is 1. The second-order valence-electron chi connectivity index (χ2n) is 6.09. The molecule has 0 radical (unpaired) electrons. The van der Waals surface area contributed by atoms with Gasteiger partial charge >= 0.3 is 0 Å². The van der Waals surface area contributed by atoms with Crippen LogP contribution in [0.25, 0.3) is 0 Å². The van der Waals surface area contributed by atoms with Crippen LogP contribution in [0.3, 0.4) is 0 Å². The summed E-state index contributed by atoms with van der Waals surface area (Å²) in [5.74, 6) is 2.07. The summed E-state index contributed by atoms with van der Waals surface area (Å²) in [6.07, 6.45) is 5.07. The Morgan fingerprint density at radius 2 is 2.20 bits per heavy atom. The molecule has 1 N–H and O–H groups in total. The first-order valence-corrected chi connectivity index (χ1v) is 9.48. The highest BCUT2D eigenvalue weighted by Crippen LogP contribution is 2.48. The molecule has 1 aromatic rings. The monoisotopic (exact) mass is 315 g/mol. The lowest BCUT2D eigenvalue weighted by Crippen LogP contribution is -2.34. The number of fused-ring (bicyclic) bond motifs is 2. The number of hydrogen-bond acceptors (Lipinski definition) is 4. The largest absolute Gasteiger partial charge is 0.391 e. The second kappa shape index (κ2) is 5.40. The fourth-order valence-corrected chi connectivity index (χ4v) is 6.36. The Hall–Kier alpha value is -0.430. The Balaban J connectivity index is 1.74. The Labute approximate surface area is 124 Å². The van der Waals surface area contributed by atoms with Gasteiger partial charge in [-0.1, -0.05) is 6.42 Å². The lowest BCUT2D eigenvalue weighted by atomic mass is 9.89. The molecule has 0 amide bonds. The lowest BCUT2D eigenvalue weighted by molar-refractivity contribution is 0.276. The fraction of sp³-hybridized carbons (Fsp3) is 0.714. The van der Waals surface area contributed by atoms with E-state index in [1.54, 1.807) is 18.5 Å². The molecule has 2 saturated carbocycles. The quantitative estimate of drug-likeness (QED) is 0.907. The van der Waals surface area contributed by atoms with E-state index in [4.69, 9.17) is 0 Å². The predicted octanol–water partition coefficient (Wildman–Crippen LogP) is 2.30. The molecule has 20 heavy (non-hydrogen) atoms. The van der Waals surface area contributed by atoms with Gasteiger partial charge in [0.15, 0.2) is 0 Å². The molecule has 2 bridgehead atoms. The topological polar surface area (TPSA) is 57.6 Å². The molecule has 0 aromatic carbocycles. The minimum absolute atomic E-state index is 0.214. The van der Waals surface area contributed by atoms with E-state index in [1.807, 2.05) is 0 Å².